The molecule has 0 atom stereocenters. The highest BCUT2D eigenvalue weighted by molar-refractivity contribution is 5.90. The van der Waals surface area contributed by atoms with Crippen molar-refractivity contribution >= 4 is 11.7 Å². The SMILES string of the molecule is CCCNC1CCN(c2ccc(C(N)=O)nn2)CC1. The van der Waals surface area contributed by atoms with E-state index in [9.17, 15) is 4.79 Å². The predicted molar refractivity (Wildman–Crippen MR) is 74.1 cm³/mol. The van der Waals surface area contributed by atoms with Gasteiger partial charge < -0.3 is 16.0 Å². The summed E-state index contributed by atoms with van der Waals surface area (Å²) in [7, 11) is 0. The Balaban J connectivity index is 1.88. The van der Waals surface area contributed by atoms with Crippen molar-refractivity contribution in [3.05, 3.63) is 17.8 Å². The molecule has 104 valence electrons. The highest BCUT2D eigenvalue weighted by atomic mass is 16.1. The van der Waals surface area contributed by atoms with E-state index in [1.165, 1.54) is 6.42 Å². The molecule has 1 aliphatic rings. The number of primary amides is 1. The second kappa shape index (κ2) is 6.47. The van der Waals surface area contributed by atoms with Gasteiger partial charge in [-0.05, 0) is 37.9 Å². The smallest absolute Gasteiger partial charge is 0.269 e. The number of piperidine rings is 1. The van der Waals surface area contributed by atoms with Crippen molar-refractivity contribution in [3.63, 3.8) is 0 Å². The van der Waals surface area contributed by atoms with Gasteiger partial charge in [0.15, 0.2) is 11.5 Å². The zero-order valence-corrected chi connectivity index (χ0v) is 11.3. The number of rotatable bonds is 5. The van der Waals surface area contributed by atoms with Crippen LogP contribution >= 0.6 is 0 Å². The van der Waals surface area contributed by atoms with Crippen LogP contribution in [0.2, 0.25) is 0 Å². The third kappa shape index (κ3) is 3.64. The van der Waals surface area contributed by atoms with Crippen molar-refractivity contribution in [2.24, 2.45) is 5.73 Å². The molecule has 1 fully saturated rings. The normalized spacial score (nSPS) is 16.6. The van der Waals surface area contributed by atoms with Gasteiger partial charge in [-0.1, -0.05) is 6.92 Å². The molecule has 0 saturated carbocycles. The Hall–Kier alpha value is -1.69. The van der Waals surface area contributed by atoms with E-state index in [-0.39, 0.29) is 5.69 Å². The summed E-state index contributed by atoms with van der Waals surface area (Å²) >= 11 is 0. The summed E-state index contributed by atoms with van der Waals surface area (Å²) in [6, 6.07) is 4.05. The van der Waals surface area contributed by atoms with Crippen molar-refractivity contribution in [1.82, 2.24) is 15.5 Å². The first-order valence-electron chi connectivity index (χ1n) is 6.82. The molecule has 19 heavy (non-hydrogen) atoms. The number of carbonyl (C=O) groups is 1. The van der Waals surface area contributed by atoms with Crippen molar-refractivity contribution in [1.29, 1.82) is 0 Å². The Labute approximate surface area is 113 Å². The molecule has 0 aliphatic carbocycles. The molecule has 2 rings (SSSR count). The molecule has 6 heteroatoms. The molecule has 0 bridgehead atoms. The summed E-state index contributed by atoms with van der Waals surface area (Å²) in [6.45, 7) is 5.19. The van der Waals surface area contributed by atoms with E-state index >= 15 is 0 Å². The van der Waals surface area contributed by atoms with Crippen LogP contribution in [0.3, 0.4) is 0 Å². The summed E-state index contributed by atoms with van der Waals surface area (Å²) in [4.78, 5) is 13.1. The van der Waals surface area contributed by atoms with Crippen LogP contribution in [0, 0.1) is 0 Å². The number of nitrogens with zero attached hydrogens (tertiary/aromatic N) is 3. The summed E-state index contributed by atoms with van der Waals surface area (Å²) in [6.07, 6.45) is 3.39. The van der Waals surface area contributed by atoms with Gasteiger partial charge in [-0.15, -0.1) is 10.2 Å². The second-order valence-electron chi connectivity index (χ2n) is 4.86. The van der Waals surface area contributed by atoms with Crippen LogP contribution in [-0.2, 0) is 0 Å². The Kier molecular flexibility index (Phi) is 4.68. The number of hydrogen-bond donors (Lipinski definition) is 2. The van der Waals surface area contributed by atoms with E-state index < -0.39 is 5.91 Å². The van der Waals surface area contributed by atoms with Crippen LogP contribution in [0.4, 0.5) is 5.82 Å². The maximum atomic E-state index is 10.9. The number of aromatic nitrogens is 2. The Morgan fingerprint density at radius 1 is 1.42 bits per heavy atom. The van der Waals surface area contributed by atoms with Crippen molar-refractivity contribution < 1.29 is 4.79 Å². The Morgan fingerprint density at radius 2 is 2.16 bits per heavy atom. The molecule has 6 nitrogen and oxygen atoms in total. The van der Waals surface area contributed by atoms with Crippen LogP contribution in [-0.4, -0.2) is 41.8 Å². The van der Waals surface area contributed by atoms with Crippen LogP contribution in [0.5, 0.6) is 0 Å². The third-order valence-electron chi connectivity index (χ3n) is 3.40. The highest BCUT2D eigenvalue weighted by Crippen LogP contribution is 2.17. The van der Waals surface area contributed by atoms with Gasteiger partial charge in [0.25, 0.3) is 5.91 Å². The molecule has 2 heterocycles. The van der Waals surface area contributed by atoms with E-state index in [1.807, 2.05) is 6.07 Å². The lowest BCUT2D eigenvalue weighted by atomic mass is 10.0. The number of anilines is 1. The van der Waals surface area contributed by atoms with E-state index in [0.717, 1.165) is 38.3 Å². The fraction of sp³-hybridized carbons (Fsp3) is 0.615. The first kappa shape index (κ1) is 13.7. The second-order valence-corrected chi connectivity index (χ2v) is 4.86. The monoisotopic (exact) mass is 263 g/mol. The number of hydrogen-bond acceptors (Lipinski definition) is 5. The maximum absolute atomic E-state index is 10.9. The lowest BCUT2D eigenvalue weighted by Crippen LogP contribution is -2.43. The van der Waals surface area contributed by atoms with Crippen molar-refractivity contribution in [2.45, 2.75) is 32.2 Å². The van der Waals surface area contributed by atoms with E-state index in [2.05, 4.69) is 27.3 Å². The van der Waals surface area contributed by atoms with Crippen molar-refractivity contribution in [3.8, 4) is 0 Å². The van der Waals surface area contributed by atoms with Crippen LogP contribution in [0.25, 0.3) is 0 Å². The minimum Gasteiger partial charge on any atom is -0.364 e. The summed E-state index contributed by atoms with van der Waals surface area (Å²) < 4.78 is 0. The lowest BCUT2D eigenvalue weighted by molar-refractivity contribution is 0.0994. The zero-order valence-electron chi connectivity index (χ0n) is 11.3. The summed E-state index contributed by atoms with van der Waals surface area (Å²) in [5, 5.41) is 11.4. The average Bonchev–Trinajstić information content (AvgIpc) is 2.46. The Bertz CT molecular complexity index is 412. The van der Waals surface area contributed by atoms with Gasteiger partial charge in [-0.25, -0.2) is 0 Å². The van der Waals surface area contributed by atoms with Gasteiger partial charge in [0.2, 0.25) is 0 Å². The molecule has 0 unspecified atom stereocenters. The number of nitrogens with two attached hydrogens (primary N) is 1. The molecule has 0 spiro atoms. The van der Waals surface area contributed by atoms with E-state index in [1.54, 1.807) is 6.07 Å². The van der Waals surface area contributed by atoms with E-state index in [0.29, 0.717) is 6.04 Å². The molecular weight excluding hydrogens is 242 g/mol. The van der Waals surface area contributed by atoms with Gasteiger partial charge in [-0.3, -0.25) is 4.79 Å². The topological polar surface area (TPSA) is 84.1 Å². The van der Waals surface area contributed by atoms with Gasteiger partial charge in [-0.2, -0.15) is 0 Å². The van der Waals surface area contributed by atoms with Crippen LogP contribution < -0.4 is 16.0 Å². The average molecular weight is 263 g/mol. The first-order valence-corrected chi connectivity index (χ1v) is 6.82. The van der Waals surface area contributed by atoms with Gasteiger partial charge in [0.1, 0.15) is 0 Å². The highest BCUT2D eigenvalue weighted by Gasteiger charge is 2.19. The van der Waals surface area contributed by atoms with Gasteiger partial charge in [0, 0.05) is 19.1 Å². The molecule has 1 aliphatic heterocycles. The molecule has 0 radical (unpaired) electrons. The molecule has 1 saturated heterocycles. The molecular formula is C13H21N5O. The molecule has 1 aromatic heterocycles. The fourth-order valence-electron chi connectivity index (χ4n) is 2.29. The van der Waals surface area contributed by atoms with Gasteiger partial charge in [0.05, 0.1) is 0 Å². The third-order valence-corrected chi connectivity index (χ3v) is 3.40. The number of carbonyl (C=O) groups excluding carboxylic acids is 1. The van der Waals surface area contributed by atoms with Gasteiger partial charge >= 0.3 is 0 Å². The summed E-state index contributed by atoms with van der Waals surface area (Å²) in [5.41, 5.74) is 5.36. The minimum absolute atomic E-state index is 0.211. The maximum Gasteiger partial charge on any atom is 0.269 e. The minimum atomic E-state index is -0.540. The summed E-state index contributed by atoms with van der Waals surface area (Å²) in [5.74, 6) is 0.278. The standard InChI is InChI=1S/C13H21N5O/c1-2-7-15-10-5-8-18(9-6-10)12-4-3-11(13(14)19)16-17-12/h3-4,10,15H,2,5-9H2,1H3,(H2,14,19). The Morgan fingerprint density at radius 3 is 2.68 bits per heavy atom. The number of amides is 1. The first-order chi connectivity index (χ1) is 9.20. The van der Waals surface area contributed by atoms with E-state index in [4.69, 9.17) is 5.73 Å². The molecule has 3 N–H and O–H groups in total. The quantitative estimate of drug-likeness (QED) is 0.810. The predicted octanol–water partition coefficient (Wildman–Crippen LogP) is 0.544. The fourth-order valence-corrected chi connectivity index (χ4v) is 2.29. The lowest BCUT2D eigenvalue weighted by Gasteiger charge is -2.32. The number of nitrogens with one attached hydrogen (secondary N) is 1. The molecule has 1 amide bonds. The zero-order chi connectivity index (χ0) is 13.7. The molecule has 0 aromatic carbocycles. The largest absolute Gasteiger partial charge is 0.364 e. The van der Waals surface area contributed by atoms with Crippen molar-refractivity contribution in [2.75, 3.05) is 24.5 Å². The van der Waals surface area contributed by atoms with Crippen LogP contribution in [0.15, 0.2) is 12.1 Å². The molecule has 1 aromatic rings. The van der Waals surface area contributed by atoms with Crippen LogP contribution in [0.1, 0.15) is 36.7 Å².